The average Bonchev–Trinajstić information content (AvgIpc) is 3.08. The topological polar surface area (TPSA) is 40.2 Å². The molecule has 5 nitrogen and oxygen atoms in total. The Morgan fingerprint density at radius 3 is 2.84 bits per heavy atom. The Bertz CT molecular complexity index is 577. The molecule has 1 aromatic carbocycles. The summed E-state index contributed by atoms with van der Waals surface area (Å²) in [6.07, 6.45) is 5.40. The first-order chi connectivity index (χ1) is 12.3. The predicted octanol–water partition coefficient (Wildman–Crippen LogP) is 2.68. The Balaban J connectivity index is 1.59. The van der Waals surface area contributed by atoms with E-state index in [0.717, 1.165) is 50.5 Å². The van der Waals surface area contributed by atoms with Crippen LogP contribution >= 0.6 is 0 Å². The third kappa shape index (κ3) is 4.17. The van der Waals surface area contributed by atoms with Gasteiger partial charge in [-0.25, -0.2) is 0 Å². The van der Waals surface area contributed by atoms with E-state index in [-0.39, 0.29) is 12.2 Å². The van der Waals surface area contributed by atoms with Crippen molar-refractivity contribution in [2.24, 2.45) is 0 Å². The first-order valence-electron chi connectivity index (χ1n) is 9.06. The second kappa shape index (κ2) is 8.70. The summed E-state index contributed by atoms with van der Waals surface area (Å²) in [7, 11) is 3.34. The Morgan fingerprint density at radius 1 is 1.24 bits per heavy atom. The molecule has 0 N–H and O–H groups in total. The molecule has 25 heavy (non-hydrogen) atoms. The highest BCUT2D eigenvalue weighted by Gasteiger charge is 2.42. The first kappa shape index (κ1) is 18.2. The van der Waals surface area contributed by atoms with Crippen LogP contribution in [0.4, 0.5) is 0 Å². The molecule has 0 radical (unpaired) electrons. The third-order valence-electron chi connectivity index (χ3n) is 5.21. The van der Waals surface area contributed by atoms with Gasteiger partial charge in [0.2, 0.25) is 0 Å². The fraction of sp³-hybridized carbons (Fsp3) is 0.600. The van der Waals surface area contributed by atoms with Crippen LogP contribution in [0.5, 0.6) is 11.5 Å². The van der Waals surface area contributed by atoms with Crippen molar-refractivity contribution >= 4 is 0 Å². The lowest BCUT2D eigenvalue weighted by Gasteiger charge is -2.39. The van der Waals surface area contributed by atoms with Crippen LogP contribution in [0.2, 0.25) is 0 Å². The Kier molecular flexibility index (Phi) is 6.34. The predicted molar refractivity (Wildman–Crippen MR) is 97.5 cm³/mol. The van der Waals surface area contributed by atoms with Gasteiger partial charge in [0, 0.05) is 19.1 Å². The molecule has 0 unspecified atom stereocenters. The monoisotopic (exact) mass is 347 g/mol. The van der Waals surface area contributed by atoms with E-state index in [9.17, 15) is 0 Å². The molecule has 0 spiro atoms. The molecule has 0 aromatic heterocycles. The van der Waals surface area contributed by atoms with E-state index >= 15 is 0 Å². The van der Waals surface area contributed by atoms with Gasteiger partial charge in [-0.1, -0.05) is 12.1 Å². The molecule has 0 amide bonds. The van der Waals surface area contributed by atoms with Crippen LogP contribution in [0.15, 0.2) is 30.9 Å². The van der Waals surface area contributed by atoms with Gasteiger partial charge in [0.15, 0.2) is 11.5 Å². The van der Waals surface area contributed by atoms with Crippen LogP contribution in [-0.2, 0) is 15.9 Å². The first-order valence-corrected chi connectivity index (χ1v) is 9.06. The minimum Gasteiger partial charge on any atom is -0.493 e. The Morgan fingerprint density at radius 2 is 2.08 bits per heavy atom. The highest BCUT2D eigenvalue weighted by molar-refractivity contribution is 5.42. The van der Waals surface area contributed by atoms with Gasteiger partial charge in [-0.15, -0.1) is 6.58 Å². The molecule has 1 saturated carbocycles. The molecule has 3 atom stereocenters. The number of ether oxygens (including phenoxy) is 4. The molecule has 138 valence electrons. The normalized spacial score (nSPS) is 26.2. The van der Waals surface area contributed by atoms with Crippen molar-refractivity contribution in [1.82, 2.24) is 4.90 Å². The van der Waals surface area contributed by atoms with E-state index in [0.29, 0.717) is 12.6 Å². The number of rotatable bonds is 8. The lowest BCUT2D eigenvalue weighted by atomic mass is 10.1. The van der Waals surface area contributed by atoms with E-state index in [1.807, 2.05) is 12.1 Å². The summed E-state index contributed by atoms with van der Waals surface area (Å²) in [5.74, 6) is 1.56. The highest BCUT2D eigenvalue weighted by Crippen LogP contribution is 2.33. The zero-order valence-electron chi connectivity index (χ0n) is 15.3. The third-order valence-corrected chi connectivity index (χ3v) is 5.21. The second-order valence-corrected chi connectivity index (χ2v) is 6.62. The molecular formula is C20H29NO4. The summed E-state index contributed by atoms with van der Waals surface area (Å²) in [5.41, 5.74) is 1.26. The fourth-order valence-corrected chi connectivity index (χ4v) is 3.95. The summed E-state index contributed by atoms with van der Waals surface area (Å²) < 4.78 is 22.6. The number of methoxy groups -OCH3 is 2. The van der Waals surface area contributed by atoms with Crippen LogP contribution in [0.25, 0.3) is 0 Å². The van der Waals surface area contributed by atoms with Crippen molar-refractivity contribution in [3.05, 3.63) is 36.4 Å². The molecule has 1 saturated heterocycles. The van der Waals surface area contributed by atoms with E-state index < -0.39 is 0 Å². The van der Waals surface area contributed by atoms with Crippen molar-refractivity contribution in [1.29, 1.82) is 0 Å². The maximum absolute atomic E-state index is 6.02. The van der Waals surface area contributed by atoms with Gasteiger partial charge in [-0.3, -0.25) is 4.90 Å². The van der Waals surface area contributed by atoms with Crippen molar-refractivity contribution in [3.63, 3.8) is 0 Å². The smallest absolute Gasteiger partial charge is 0.160 e. The van der Waals surface area contributed by atoms with Gasteiger partial charge in [-0.05, 0) is 37.0 Å². The molecular weight excluding hydrogens is 318 g/mol. The lowest BCUT2D eigenvalue weighted by molar-refractivity contribution is -0.109. The van der Waals surface area contributed by atoms with Crippen molar-refractivity contribution in [2.75, 3.05) is 40.5 Å². The van der Waals surface area contributed by atoms with Crippen molar-refractivity contribution < 1.29 is 18.9 Å². The standard InChI is InChI=1S/C20H29NO4/c1-4-12-24-18-8-6-16-20(18)25-13-11-21(16)10-9-15-5-7-17(22-2)19(14-15)23-3/h4-5,7,14,16,18,20H,1,6,8-13H2,2-3H3/t16-,18-,20+/m0/s1. The Hall–Kier alpha value is -1.56. The fourth-order valence-electron chi connectivity index (χ4n) is 3.95. The van der Waals surface area contributed by atoms with E-state index in [4.69, 9.17) is 18.9 Å². The molecule has 2 aliphatic rings. The maximum Gasteiger partial charge on any atom is 0.160 e. The van der Waals surface area contributed by atoms with Crippen LogP contribution in [0, 0.1) is 0 Å². The van der Waals surface area contributed by atoms with Gasteiger partial charge >= 0.3 is 0 Å². The summed E-state index contributed by atoms with van der Waals surface area (Å²) >= 11 is 0. The molecule has 1 aromatic rings. The molecule has 1 aliphatic carbocycles. The summed E-state index contributed by atoms with van der Waals surface area (Å²) in [6.45, 7) is 7.12. The summed E-state index contributed by atoms with van der Waals surface area (Å²) in [4.78, 5) is 2.56. The largest absolute Gasteiger partial charge is 0.493 e. The number of benzene rings is 1. The number of nitrogens with zero attached hydrogens (tertiary/aromatic N) is 1. The summed E-state index contributed by atoms with van der Waals surface area (Å²) in [6, 6.07) is 6.62. The van der Waals surface area contributed by atoms with Gasteiger partial charge < -0.3 is 18.9 Å². The quantitative estimate of drug-likeness (QED) is 0.676. The molecule has 3 rings (SSSR count). The number of fused-ring (bicyclic) bond motifs is 1. The molecule has 0 bridgehead atoms. The van der Waals surface area contributed by atoms with Crippen molar-refractivity contribution in [2.45, 2.75) is 37.5 Å². The molecule has 1 aliphatic heterocycles. The minimum absolute atomic E-state index is 0.194. The second-order valence-electron chi connectivity index (χ2n) is 6.62. The number of hydrogen-bond acceptors (Lipinski definition) is 5. The zero-order valence-corrected chi connectivity index (χ0v) is 15.3. The lowest BCUT2D eigenvalue weighted by Crippen LogP contribution is -2.52. The van der Waals surface area contributed by atoms with Gasteiger partial charge in [0.1, 0.15) is 0 Å². The average molecular weight is 347 g/mol. The number of hydrogen-bond donors (Lipinski definition) is 0. The number of morpholine rings is 1. The summed E-state index contributed by atoms with van der Waals surface area (Å²) in [5, 5.41) is 0. The molecule has 2 fully saturated rings. The molecule has 5 heteroatoms. The van der Waals surface area contributed by atoms with Crippen LogP contribution in [0.3, 0.4) is 0 Å². The molecule has 1 heterocycles. The van der Waals surface area contributed by atoms with Gasteiger partial charge in [0.05, 0.1) is 39.6 Å². The van der Waals surface area contributed by atoms with Crippen LogP contribution in [0.1, 0.15) is 18.4 Å². The van der Waals surface area contributed by atoms with Crippen LogP contribution < -0.4 is 9.47 Å². The van der Waals surface area contributed by atoms with Gasteiger partial charge in [0.25, 0.3) is 0 Å². The SMILES string of the molecule is C=CCO[C@H]1CC[C@H]2[C@H]1OCCN2CCc1ccc(OC)c(OC)c1. The van der Waals surface area contributed by atoms with E-state index in [1.165, 1.54) is 5.56 Å². The maximum atomic E-state index is 6.02. The zero-order chi connectivity index (χ0) is 17.6. The minimum atomic E-state index is 0.194. The highest BCUT2D eigenvalue weighted by atomic mass is 16.5. The Labute approximate surface area is 150 Å². The van der Waals surface area contributed by atoms with Crippen molar-refractivity contribution in [3.8, 4) is 11.5 Å². The van der Waals surface area contributed by atoms with E-state index in [1.54, 1.807) is 14.2 Å². The van der Waals surface area contributed by atoms with E-state index in [2.05, 4.69) is 23.6 Å². The van der Waals surface area contributed by atoms with Gasteiger partial charge in [-0.2, -0.15) is 0 Å². The van der Waals surface area contributed by atoms with Crippen LogP contribution in [-0.4, -0.2) is 63.7 Å².